The van der Waals surface area contributed by atoms with Crippen LogP contribution in [0, 0.1) is 0 Å². The number of carbonyl (C=O) groups excluding carboxylic acids is 1. The number of likely N-dealkylation sites (tertiary alicyclic amines) is 1. The highest BCUT2D eigenvalue weighted by atomic mass is 32.2. The highest BCUT2D eigenvalue weighted by Gasteiger charge is 2.32. The Kier molecular flexibility index (Phi) is 5.06. The lowest BCUT2D eigenvalue weighted by Gasteiger charge is -2.33. The van der Waals surface area contributed by atoms with E-state index < -0.39 is 27.9 Å². The van der Waals surface area contributed by atoms with Crippen LogP contribution in [0.5, 0.6) is 0 Å². The van der Waals surface area contributed by atoms with E-state index in [1.54, 1.807) is 0 Å². The molecule has 1 saturated heterocycles. The van der Waals surface area contributed by atoms with Gasteiger partial charge in [-0.25, -0.2) is 17.5 Å². The molecule has 1 unspecified atom stereocenters. The number of carboxylic acids is 1. The quantitative estimate of drug-likeness (QED) is 0.883. The van der Waals surface area contributed by atoms with Crippen molar-refractivity contribution in [2.45, 2.75) is 30.2 Å². The monoisotopic (exact) mass is 340 g/mol. The molecule has 0 saturated carbocycles. The van der Waals surface area contributed by atoms with Crippen molar-refractivity contribution >= 4 is 21.9 Å². The smallest absolute Gasteiger partial charge is 0.326 e. The molecule has 0 aromatic heterocycles. The number of carboxylic acid groups (broad SMARTS) is 1. The number of piperidine rings is 1. The summed E-state index contributed by atoms with van der Waals surface area (Å²) in [7, 11) is -0.824. The normalized spacial score (nSPS) is 18.9. The van der Waals surface area contributed by atoms with Crippen LogP contribution in [-0.2, 0) is 14.8 Å². The molecule has 1 N–H and O–H groups in total. The van der Waals surface area contributed by atoms with E-state index in [4.69, 9.17) is 0 Å². The van der Waals surface area contributed by atoms with Crippen molar-refractivity contribution in [1.29, 1.82) is 0 Å². The molecule has 1 aromatic rings. The second kappa shape index (κ2) is 6.67. The summed E-state index contributed by atoms with van der Waals surface area (Å²) < 4.78 is 25.4. The van der Waals surface area contributed by atoms with E-state index >= 15 is 0 Å². The SMILES string of the molecule is CN(C)S(=O)(=O)c1cccc(C(=O)N2CCCCC2C(=O)O)c1. The second-order valence-corrected chi connectivity index (χ2v) is 7.82. The number of sulfonamides is 1. The average Bonchev–Trinajstić information content (AvgIpc) is 2.54. The maximum atomic E-state index is 12.6. The Hall–Kier alpha value is -1.93. The minimum Gasteiger partial charge on any atom is -0.480 e. The van der Waals surface area contributed by atoms with Crippen molar-refractivity contribution in [1.82, 2.24) is 9.21 Å². The summed E-state index contributed by atoms with van der Waals surface area (Å²) in [5.41, 5.74) is 0.182. The molecule has 0 aliphatic carbocycles. The molecule has 8 heteroatoms. The molecule has 1 amide bonds. The van der Waals surface area contributed by atoms with Crippen molar-refractivity contribution in [2.24, 2.45) is 0 Å². The molecule has 1 aliphatic rings. The highest BCUT2D eigenvalue weighted by molar-refractivity contribution is 7.89. The van der Waals surface area contributed by atoms with Gasteiger partial charge in [0.15, 0.2) is 0 Å². The molecular weight excluding hydrogens is 320 g/mol. The van der Waals surface area contributed by atoms with Gasteiger partial charge in [-0.15, -0.1) is 0 Å². The highest BCUT2D eigenvalue weighted by Crippen LogP contribution is 2.22. The molecule has 1 aromatic carbocycles. The minimum absolute atomic E-state index is 0.0113. The second-order valence-electron chi connectivity index (χ2n) is 5.66. The van der Waals surface area contributed by atoms with E-state index in [-0.39, 0.29) is 10.5 Å². The summed E-state index contributed by atoms with van der Waals surface area (Å²) in [5.74, 6) is -1.48. The summed E-state index contributed by atoms with van der Waals surface area (Å²) in [6, 6.07) is 4.85. The lowest BCUT2D eigenvalue weighted by Crippen LogP contribution is -2.48. The van der Waals surface area contributed by atoms with Gasteiger partial charge >= 0.3 is 5.97 Å². The third-order valence-corrected chi connectivity index (χ3v) is 5.72. The molecule has 1 atom stereocenters. The average molecular weight is 340 g/mol. The van der Waals surface area contributed by atoms with Gasteiger partial charge < -0.3 is 10.0 Å². The predicted octanol–water partition coefficient (Wildman–Crippen LogP) is 1.02. The Balaban J connectivity index is 2.35. The van der Waals surface area contributed by atoms with Crippen molar-refractivity contribution < 1.29 is 23.1 Å². The standard InChI is InChI=1S/C15H20N2O5S/c1-16(2)23(21,22)12-7-5-6-11(10-12)14(18)17-9-4-3-8-13(17)15(19)20/h5-7,10,13H,3-4,8-9H2,1-2H3,(H,19,20). The Morgan fingerprint density at radius 2 is 1.96 bits per heavy atom. The third-order valence-electron chi connectivity index (χ3n) is 3.91. The summed E-state index contributed by atoms with van der Waals surface area (Å²) in [6.45, 7) is 0.362. The number of amides is 1. The van der Waals surface area contributed by atoms with Crippen LogP contribution in [0.4, 0.5) is 0 Å². The number of hydrogen-bond acceptors (Lipinski definition) is 4. The Morgan fingerprint density at radius 3 is 2.57 bits per heavy atom. The van der Waals surface area contributed by atoms with Gasteiger partial charge in [0.2, 0.25) is 10.0 Å². The maximum absolute atomic E-state index is 12.6. The predicted molar refractivity (Wildman–Crippen MR) is 83.6 cm³/mol. The van der Waals surface area contributed by atoms with Crippen molar-refractivity contribution in [3.63, 3.8) is 0 Å². The van der Waals surface area contributed by atoms with Crippen LogP contribution >= 0.6 is 0 Å². The zero-order chi connectivity index (χ0) is 17.2. The van der Waals surface area contributed by atoms with Crippen LogP contribution < -0.4 is 0 Å². The van der Waals surface area contributed by atoms with Crippen molar-refractivity contribution in [3.8, 4) is 0 Å². The molecule has 1 fully saturated rings. The van der Waals surface area contributed by atoms with Crippen LogP contribution in [-0.4, -0.2) is 61.3 Å². The molecule has 0 bridgehead atoms. The molecule has 0 spiro atoms. The zero-order valence-corrected chi connectivity index (χ0v) is 13.9. The summed E-state index contributed by atoms with van der Waals surface area (Å²) >= 11 is 0. The maximum Gasteiger partial charge on any atom is 0.326 e. The van der Waals surface area contributed by atoms with Crippen LogP contribution in [0.2, 0.25) is 0 Å². The summed E-state index contributed by atoms with van der Waals surface area (Å²) in [5, 5.41) is 9.26. The van der Waals surface area contributed by atoms with Crippen LogP contribution in [0.15, 0.2) is 29.2 Å². The fourth-order valence-electron chi connectivity index (χ4n) is 2.60. The van der Waals surface area contributed by atoms with Gasteiger partial charge in [-0.3, -0.25) is 4.79 Å². The van der Waals surface area contributed by atoms with E-state index in [0.717, 1.165) is 17.1 Å². The topological polar surface area (TPSA) is 95.0 Å². The minimum atomic E-state index is -3.65. The lowest BCUT2D eigenvalue weighted by atomic mass is 10.0. The van der Waals surface area contributed by atoms with E-state index in [0.29, 0.717) is 13.0 Å². The van der Waals surface area contributed by atoms with E-state index in [1.807, 2.05) is 0 Å². The Morgan fingerprint density at radius 1 is 1.26 bits per heavy atom. The van der Waals surface area contributed by atoms with E-state index in [1.165, 1.54) is 43.3 Å². The number of aliphatic carboxylic acids is 1. The molecule has 0 radical (unpaired) electrons. The molecule has 126 valence electrons. The first kappa shape index (κ1) is 17.4. The van der Waals surface area contributed by atoms with Gasteiger partial charge in [-0.1, -0.05) is 6.07 Å². The van der Waals surface area contributed by atoms with E-state index in [9.17, 15) is 23.1 Å². The van der Waals surface area contributed by atoms with Gasteiger partial charge in [0, 0.05) is 26.2 Å². The van der Waals surface area contributed by atoms with Gasteiger partial charge in [0.1, 0.15) is 6.04 Å². The Labute approximate surface area is 135 Å². The fraction of sp³-hybridized carbons (Fsp3) is 0.467. The van der Waals surface area contributed by atoms with Gasteiger partial charge in [0.25, 0.3) is 5.91 Å². The summed E-state index contributed by atoms with van der Waals surface area (Å²) in [6.07, 6.45) is 1.91. The number of nitrogens with zero attached hydrogens (tertiary/aromatic N) is 2. The number of carbonyl (C=O) groups is 2. The van der Waals surface area contributed by atoms with E-state index in [2.05, 4.69) is 0 Å². The van der Waals surface area contributed by atoms with Gasteiger partial charge in [-0.05, 0) is 37.5 Å². The molecule has 1 aliphatic heterocycles. The Bertz CT molecular complexity index is 714. The van der Waals surface area contributed by atoms with Crippen LogP contribution in [0.3, 0.4) is 0 Å². The number of rotatable bonds is 4. The molecule has 2 rings (SSSR count). The third kappa shape index (κ3) is 3.53. The number of benzene rings is 1. The van der Waals surface area contributed by atoms with Gasteiger partial charge in [-0.2, -0.15) is 0 Å². The zero-order valence-electron chi connectivity index (χ0n) is 13.1. The van der Waals surface area contributed by atoms with Crippen LogP contribution in [0.1, 0.15) is 29.6 Å². The molecule has 1 heterocycles. The fourth-order valence-corrected chi connectivity index (χ4v) is 3.55. The largest absolute Gasteiger partial charge is 0.480 e. The van der Waals surface area contributed by atoms with Crippen molar-refractivity contribution in [2.75, 3.05) is 20.6 Å². The molecule has 23 heavy (non-hydrogen) atoms. The van der Waals surface area contributed by atoms with Crippen molar-refractivity contribution in [3.05, 3.63) is 29.8 Å². The first-order chi connectivity index (χ1) is 10.7. The first-order valence-corrected chi connectivity index (χ1v) is 8.75. The molecule has 7 nitrogen and oxygen atoms in total. The first-order valence-electron chi connectivity index (χ1n) is 7.31. The van der Waals surface area contributed by atoms with Gasteiger partial charge in [0.05, 0.1) is 4.90 Å². The molecular formula is C15H20N2O5S. The number of hydrogen-bond donors (Lipinski definition) is 1. The lowest BCUT2D eigenvalue weighted by molar-refractivity contribution is -0.143. The van der Waals surface area contributed by atoms with Crippen LogP contribution in [0.25, 0.3) is 0 Å². The summed E-state index contributed by atoms with van der Waals surface area (Å²) in [4.78, 5) is 25.3.